The molecule has 0 unspecified atom stereocenters. The highest BCUT2D eigenvalue weighted by Gasteiger charge is 2.22. The molecule has 0 spiro atoms. The second-order valence-corrected chi connectivity index (χ2v) is 9.21. The minimum absolute atomic E-state index is 0.440. The van der Waals surface area contributed by atoms with Gasteiger partial charge >= 0.3 is 0 Å². The molecule has 0 amide bonds. The fourth-order valence-electron chi connectivity index (χ4n) is 3.99. The third-order valence-corrected chi connectivity index (χ3v) is 6.88. The monoisotopic (exact) mass is 541 g/mol. The number of ether oxygens (including phenoxy) is 4. The molecule has 1 fully saturated rings. The van der Waals surface area contributed by atoms with Crippen molar-refractivity contribution in [1.82, 2.24) is 14.9 Å². The fourth-order valence-corrected chi connectivity index (χ4v) is 4.37. The van der Waals surface area contributed by atoms with Gasteiger partial charge in [-0.05, 0) is 30.7 Å². The lowest BCUT2D eigenvalue weighted by atomic mass is 10.1. The van der Waals surface area contributed by atoms with Crippen molar-refractivity contribution in [3.8, 4) is 23.1 Å². The highest BCUT2D eigenvalue weighted by molar-refractivity contribution is 9.10. The topological polar surface area (TPSA) is 90.0 Å². The smallest absolute Gasteiger partial charge is 0.248 e. The SMILES string of the molecule is COc1cc2c(cc1OCCN1CCOCC1)CNc1c(Nc3ccc(C)c(Br)c3)ncnc1O2. The second-order valence-electron chi connectivity index (χ2n) is 8.36. The van der Waals surface area contributed by atoms with E-state index in [9.17, 15) is 0 Å². The maximum absolute atomic E-state index is 6.20. The van der Waals surface area contributed by atoms with Gasteiger partial charge in [0.15, 0.2) is 17.3 Å². The van der Waals surface area contributed by atoms with Crippen LogP contribution in [0, 0.1) is 6.92 Å². The number of aromatic nitrogens is 2. The van der Waals surface area contributed by atoms with Gasteiger partial charge in [-0.15, -0.1) is 0 Å². The van der Waals surface area contributed by atoms with Gasteiger partial charge in [0.25, 0.3) is 0 Å². The summed E-state index contributed by atoms with van der Waals surface area (Å²) in [5, 5.41) is 6.79. The molecule has 10 heteroatoms. The molecule has 2 aliphatic rings. The highest BCUT2D eigenvalue weighted by Crippen LogP contribution is 2.42. The Kier molecular flexibility index (Phi) is 7.21. The molecule has 2 aliphatic heterocycles. The number of morpholine rings is 1. The minimum Gasteiger partial charge on any atom is -0.493 e. The number of nitrogens with one attached hydrogen (secondary N) is 2. The predicted octanol–water partition coefficient (Wildman–Crippen LogP) is 4.73. The van der Waals surface area contributed by atoms with Crippen molar-refractivity contribution in [2.24, 2.45) is 0 Å². The Morgan fingerprint density at radius 3 is 2.80 bits per heavy atom. The van der Waals surface area contributed by atoms with Crippen LogP contribution in [-0.4, -0.2) is 61.4 Å². The molecule has 0 aliphatic carbocycles. The number of methoxy groups -OCH3 is 1. The van der Waals surface area contributed by atoms with E-state index < -0.39 is 0 Å². The molecule has 2 N–H and O–H groups in total. The van der Waals surface area contributed by atoms with Crippen LogP contribution in [-0.2, 0) is 11.3 Å². The Labute approximate surface area is 212 Å². The lowest BCUT2D eigenvalue weighted by molar-refractivity contribution is 0.0321. The van der Waals surface area contributed by atoms with Gasteiger partial charge in [-0.1, -0.05) is 22.0 Å². The summed E-state index contributed by atoms with van der Waals surface area (Å²) in [6.45, 7) is 7.37. The number of hydrogen-bond acceptors (Lipinski definition) is 9. The van der Waals surface area contributed by atoms with Crippen LogP contribution in [0.5, 0.6) is 23.1 Å². The number of rotatable bonds is 7. The molecule has 0 bridgehead atoms. The molecular formula is C25H28BrN5O4. The van der Waals surface area contributed by atoms with Crippen molar-refractivity contribution in [3.63, 3.8) is 0 Å². The molecule has 1 aromatic heterocycles. The number of nitrogens with zero attached hydrogens (tertiary/aromatic N) is 3. The highest BCUT2D eigenvalue weighted by atomic mass is 79.9. The molecule has 0 atom stereocenters. The van der Waals surface area contributed by atoms with Gasteiger partial charge in [0.2, 0.25) is 5.88 Å². The van der Waals surface area contributed by atoms with E-state index in [0.717, 1.165) is 54.1 Å². The van der Waals surface area contributed by atoms with E-state index in [1.165, 1.54) is 6.33 Å². The third kappa shape index (κ3) is 5.44. The van der Waals surface area contributed by atoms with E-state index in [2.05, 4.69) is 41.4 Å². The van der Waals surface area contributed by atoms with Gasteiger partial charge in [-0.25, -0.2) is 4.98 Å². The number of fused-ring (bicyclic) bond motifs is 2. The summed E-state index contributed by atoms with van der Waals surface area (Å²) in [5.74, 6) is 3.04. The average Bonchev–Trinajstić information content (AvgIpc) is 3.06. The van der Waals surface area contributed by atoms with Gasteiger partial charge in [0.05, 0.1) is 20.3 Å². The summed E-state index contributed by atoms with van der Waals surface area (Å²) in [4.78, 5) is 11.1. The third-order valence-electron chi connectivity index (χ3n) is 6.02. The fraction of sp³-hybridized carbons (Fsp3) is 0.360. The van der Waals surface area contributed by atoms with E-state index in [4.69, 9.17) is 18.9 Å². The maximum Gasteiger partial charge on any atom is 0.248 e. The standard InChI is InChI=1S/C25H28BrN5O4/c1-16-3-4-18(12-19(16)26)30-24-23-25(29-15-28-24)35-20-13-21(32-2)22(11-17(20)14-27-23)34-10-7-31-5-8-33-9-6-31/h3-4,11-13,15,27H,5-10,14H2,1-2H3,(H,28,29,30). The zero-order chi connectivity index (χ0) is 24.2. The normalized spacial score (nSPS) is 15.2. The number of anilines is 3. The summed E-state index contributed by atoms with van der Waals surface area (Å²) in [7, 11) is 1.63. The van der Waals surface area contributed by atoms with Gasteiger partial charge in [-0.3, -0.25) is 4.90 Å². The number of benzene rings is 2. The van der Waals surface area contributed by atoms with Crippen LogP contribution >= 0.6 is 15.9 Å². The number of aryl methyl sites for hydroxylation is 1. The van der Waals surface area contributed by atoms with E-state index in [1.807, 2.05) is 37.3 Å². The van der Waals surface area contributed by atoms with Crippen molar-refractivity contribution >= 4 is 33.1 Å². The Hall–Kier alpha value is -3.08. The van der Waals surface area contributed by atoms with Crippen LogP contribution in [0.3, 0.4) is 0 Å². The Morgan fingerprint density at radius 1 is 1.14 bits per heavy atom. The second kappa shape index (κ2) is 10.7. The van der Waals surface area contributed by atoms with Gasteiger partial charge in [0, 0.05) is 48.0 Å². The first-order valence-corrected chi connectivity index (χ1v) is 12.3. The molecule has 2 aromatic carbocycles. The van der Waals surface area contributed by atoms with Crippen LogP contribution in [0.4, 0.5) is 17.2 Å². The average molecular weight is 542 g/mol. The lowest BCUT2D eigenvalue weighted by Gasteiger charge is -2.26. The Morgan fingerprint density at radius 2 is 2.00 bits per heavy atom. The van der Waals surface area contributed by atoms with E-state index in [-0.39, 0.29) is 0 Å². The van der Waals surface area contributed by atoms with Gasteiger partial charge in [-0.2, -0.15) is 4.98 Å². The van der Waals surface area contributed by atoms with Crippen molar-refractivity contribution in [1.29, 1.82) is 0 Å². The van der Waals surface area contributed by atoms with Crippen molar-refractivity contribution in [2.45, 2.75) is 13.5 Å². The van der Waals surface area contributed by atoms with Crippen molar-refractivity contribution < 1.29 is 18.9 Å². The van der Waals surface area contributed by atoms with Crippen molar-refractivity contribution in [2.75, 3.05) is 57.2 Å². The zero-order valence-corrected chi connectivity index (χ0v) is 21.4. The molecule has 1 saturated heterocycles. The van der Waals surface area contributed by atoms with Crippen LogP contribution in [0.15, 0.2) is 41.1 Å². The first kappa shape index (κ1) is 23.7. The summed E-state index contributed by atoms with van der Waals surface area (Å²) in [6.07, 6.45) is 1.48. The quantitative estimate of drug-likeness (QED) is 0.440. The van der Waals surface area contributed by atoms with Crippen LogP contribution < -0.4 is 24.8 Å². The van der Waals surface area contributed by atoms with Crippen LogP contribution in [0.1, 0.15) is 11.1 Å². The molecule has 5 rings (SSSR count). The first-order valence-electron chi connectivity index (χ1n) is 11.5. The predicted molar refractivity (Wildman–Crippen MR) is 137 cm³/mol. The summed E-state index contributed by atoms with van der Waals surface area (Å²) >= 11 is 3.58. The Bertz CT molecular complexity index is 1200. The molecule has 9 nitrogen and oxygen atoms in total. The molecule has 35 heavy (non-hydrogen) atoms. The molecular weight excluding hydrogens is 514 g/mol. The first-order chi connectivity index (χ1) is 17.1. The number of halogens is 1. The summed E-state index contributed by atoms with van der Waals surface area (Å²) in [6, 6.07) is 9.87. The lowest BCUT2D eigenvalue weighted by Crippen LogP contribution is -2.38. The maximum atomic E-state index is 6.20. The number of hydrogen-bond donors (Lipinski definition) is 2. The summed E-state index contributed by atoms with van der Waals surface area (Å²) in [5.41, 5.74) is 3.69. The van der Waals surface area contributed by atoms with E-state index in [0.29, 0.717) is 47.8 Å². The van der Waals surface area contributed by atoms with E-state index in [1.54, 1.807) is 7.11 Å². The molecule has 3 heterocycles. The van der Waals surface area contributed by atoms with Crippen LogP contribution in [0.25, 0.3) is 0 Å². The Balaban J connectivity index is 1.33. The molecule has 184 valence electrons. The summed E-state index contributed by atoms with van der Waals surface area (Å²) < 4.78 is 24.3. The van der Waals surface area contributed by atoms with Crippen molar-refractivity contribution in [3.05, 3.63) is 52.3 Å². The minimum atomic E-state index is 0.440. The largest absolute Gasteiger partial charge is 0.493 e. The van der Waals surface area contributed by atoms with E-state index >= 15 is 0 Å². The zero-order valence-electron chi connectivity index (χ0n) is 19.8. The molecule has 0 radical (unpaired) electrons. The molecule has 0 saturated carbocycles. The van der Waals surface area contributed by atoms with Crippen LogP contribution in [0.2, 0.25) is 0 Å². The van der Waals surface area contributed by atoms with Gasteiger partial charge in [0.1, 0.15) is 24.4 Å². The molecule has 3 aromatic rings. The van der Waals surface area contributed by atoms with Gasteiger partial charge < -0.3 is 29.6 Å².